The molecule has 0 aliphatic carbocycles. The third-order valence-electron chi connectivity index (χ3n) is 3.71. The molecule has 0 aliphatic rings. The fraction of sp³-hybridized carbons (Fsp3) is 0.0526. The first-order valence-electron chi connectivity index (χ1n) is 7.48. The molecule has 124 valence electrons. The van der Waals surface area contributed by atoms with Gasteiger partial charge in [-0.25, -0.2) is 0 Å². The van der Waals surface area contributed by atoms with E-state index >= 15 is 0 Å². The summed E-state index contributed by atoms with van der Waals surface area (Å²) in [5.74, 6) is 0.265. The van der Waals surface area contributed by atoms with E-state index in [4.69, 9.17) is 4.74 Å². The maximum atomic E-state index is 12.3. The maximum Gasteiger partial charge on any atom is 0.266 e. The number of ether oxygens (including phenoxy) is 1. The van der Waals surface area contributed by atoms with Gasteiger partial charge in [-0.15, -0.1) is 0 Å². The molecule has 0 saturated heterocycles. The topological polar surface area (TPSA) is 98.1 Å². The van der Waals surface area contributed by atoms with Gasteiger partial charge in [0.15, 0.2) is 0 Å². The van der Waals surface area contributed by atoms with E-state index in [9.17, 15) is 15.2 Å². The Balaban J connectivity index is 1.91. The molecule has 1 aromatic heterocycles. The van der Waals surface area contributed by atoms with Gasteiger partial charge in [-0.3, -0.25) is 4.79 Å². The van der Waals surface area contributed by atoms with Gasteiger partial charge in [0.1, 0.15) is 23.1 Å². The van der Waals surface area contributed by atoms with E-state index in [-0.39, 0.29) is 11.3 Å². The van der Waals surface area contributed by atoms with Crippen LogP contribution in [0, 0.1) is 11.3 Å². The summed E-state index contributed by atoms with van der Waals surface area (Å²) in [5.41, 5.74) is 2.05. The second-order valence-corrected chi connectivity index (χ2v) is 5.33. The average molecular weight is 333 g/mol. The van der Waals surface area contributed by atoms with Gasteiger partial charge in [-0.2, -0.15) is 5.26 Å². The number of hydrogen-bond acceptors (Lipinski definition) is 4. The zero-order chi connectivity index (χ0) is 17.8. The predicted molar refractivity (Wildman–Crippen MR) is 95.2 cm³/mol. The quantitative estimate of drug-likeness (QED) is 0.387. The van der Waals surface area contributed by atoms with Crippen molar-refractivity contribution in [2.45, 2.75) is 0 Å². The number of nitriles is 1. The Morgan fingerprint density at radius 1 is 1.28 bits per heavy atom. The molecule has 0 radical (unpaired) electrons. The summed E-state index contributed by atoms with van der Waals surface area (Å²) in [6.07, 6.45) is 3.25. The number of phenolic OH excluding ortho intramolecular Hbond substituents is 1. The molecular weight excluding hydrogens is 318 g/mol. The maximum absolute atomic E-state index is 12.3. The van der Waals surface area contributed by atoms with Crippen LogP contribution in [0.5, 0.6) is 11.5 Å². The lowest BCUT2D eigenvalue weighted by atomic mass is 10.1. The van der Waals surface area contributed by atoms with E-state index in [0.717, 1.165) is 10.9 Å². The molecule has 25 heavy (non-hydrogen) atoms. The number of rotatable bonds is 4. The van der Waals surface area contributed by atoms with E-state index < -0.39 is 5.91 Å². The molecular formula is C19H15N3O3. The SMILES string of the molecule is COc1ccc2[nH]cc(/C=C(\C#N)C(=O)Nc3ccc(O)cc3)c2c1. The molecule has 0 spiro atoms. The van der Waals surface area contributed by atoms with Crippen molar-refractivity contribution >= 4 is 28.6 Å². The van der Waals surface area contributed by atoms with Crippen LogP contribution >= 0.6 is 0 Å². The molecule has 0 saturated carbocycles. The predicted octanol–water partition coefficient (Wildman–Crippen LogP) is 3.43. The van der Waals surface area contributed by atoms with Crippen LogP contribution in [-0.4, -0.2) is 23.1 Å². The number of aromatic amines is 1. The lowest BCUT2D eigenvalue weighted by Gasteiger charge is -2.04. The van der Waals surface area contributed by atoms with Gasteiger partial charge < -0.3 is 20.1 Å². The van der Waals surface area contributed by atoms with Crippen LogP contribution in [0.15, 0.2) is 54.2 Å². The third kappa shape index (κ3) is 3.46. The number of nitrogens with one attached hydrogen (secondary N) is 2. The highest BCUT2D eigenvalue weighted by Gasteiger charge is 2.11. The number of H-pyrrole nitrogens is 1. The van der Waals surface area contributed by atoms with E-state index in [0.29, 0.717) is 17.0 Å². The van der Waals surface area contributed by atoms with Crippen molar-refractivity contribution in [1.82, 2.24) is 4.98 Å². The highest BCUT2D eigenvalue weighted by atomic mass is 16.5. The van der Waals surface area contributed by atoms with Crippen molar-refractivity contribution in [3.8, 4) is 17.6 Å². The Morgan fingerprint density at radius 3 is 2.72 bits per heavy atom. The van der Waals surface area contributed by atoms with E-state index in [1.807, 2.05) is 24.3 Å². The second-order valence-electron chi connectivity index (χ2n) is 5.33. The molecule has 6 heteroatoms. The van der Waals surface area contributed by atoms with Crippen molar-refractivity contribution in [3.63, 3.8) is 0 Å². The number of carbonyl (C=O) groups is 1. The number of phenols is 1. The fourth-order valence-electron chi connectivity index (χ4n) is 2.41. The third-order valence-corrected chi connectivity index (χ3v) is 3.71. The van der Waals surface area contributed by atoms with Crippen LogP contribution in [0.3, 0.4) is 0 Å². The lowest BCUT2D eigenvalue weighted by molar-refractivity contribution is -0.112. The molecule has 6 nitrogen and oxygen atoms in total. The highest BCUT2D eigenvalue weighted by molar-refractivity contribution is 6.10. The van der Waals surface area contributed by atoms with Crippen molar-refractivity contribution in [1.29, 1.82) is 5.26 Å². The van der Waals surface area contributed by atoms with Gasteiger partial charge in [0.2, 0.25) is 0 Å². The van der Waals surface area contributed by atoms with Crippen molar-refractivity contribution in [2.75, 3.05) is 12.4 Å². The Bertz CT molecular complexity index is 995. The lowest BCUT2D eigenvalue weighted by Crippen LogP contribution is -2.13. The first kappa shape index (κ1) is 16.1. The smallest absolute Gasteiger partial charge is 0.266 e. The Kier molecular flexibility index (Phi) is 4.40. The number of fused-ring (bicyclic) bond motifs is 1. The number of aromatic nitrogens is 1. The summed E-state index contributed by atoms with van der Waals surface area (Å²) in [5, 5.41) is 22.1. The molecule has 0 bridgehead atoms. The van der Waals surface area contributed by atoms with Crippen LogP contribution in [0.2, 0.25) is 0 Å². The summed E-state index contributed by atoms with van der Waals surface area (Å²) in [4.78, 5) is 15.4. The van der Waals surface area contributed by atoms with Crippen molar-refractivity contribution in [3.05, 3.63) is 59.8 Å². The number of hydrogen-bond donors (Lipinski definition) is 3. The van der Waals surface area contributed by atoms with Crippen molar-refractivity contribution < 1.29 is 14.6 Å². The van der Waals surface area contributed by atoms with Crippen molar-refractivity contribution in [2.24, 2.45) is 0 Å². The van der Waals surface area contributed by atoms with E-state index in [1.54, 1.807) is 25.4 Å². The average Bonchev–Trinajstić information content (AvgIpc) is 3.03. The van der Waals surface area contributed by atoms with Gasteiger partial charge in [0.05, 0.1) is 7.11 Å². The number of methoxy groups -OCH3 is 1. The molecule has 3 aromatic rings. The van der Waals surface area contributed by atoms with Crippen LogP contribution in [0.25, 0.3) is 17.0 Å². The number of nitrogens with zero attached hydrogens (tertiary/aromatic N) is 1. The number of anilines is 1. The Hall–Kier alpha value is -3.72. The summed E-state index contributed by atoms with van der Waals surface area (Å²) >= 11 is 0. The molecule has 0 atom stereocenters. The molecule has 0 fully saturated rings. The number of amides is 1. The normalized spacial score (nSPS) is 11.1. The van der Waals surface area contributed by atoms with Gasteiger partial charge in [-0.1, -0.05) is 0 Å². The van der Waals surface area contributed by atoms with Crippen LogP contribution in [0.1, 0.15) is 5.56 Å². The summed E-state index contributed by atoms with van der Waals surface area (Å²) in [6, 6.07) is 13.5. The van der Waals surface area contributed by atoms with E-state index in [2.05, 4.69) is 10.3 Å². The zero-order valence-electron chi connectivity index (χ0n) is 13.4. The van der Waals surface area contributed by atoms with Crippen LogP contribution < -0.4 is 10.1 Å². The molecule has 0 aliphatic heterocycles. The zero-order valence-corrected chi connectivity index (χ0v) is 13.4. The minimum absolute atomic E-state index is 0.0307. The Labute approximate surface area is 144 Å². The fourth-order valence-corrected chi connectivity index (χ4v) is 2.41. The van der Waals surface area contributed by atoms with Gasteiger partial charge in [-0.05, 0) is 48.5 Å². The number of aromatic hydroxyl groups is 1. The van der Waals surface area contributed by atoms with Crippen LogP contribution in [0.4, 0.5) is 5.69 Å². The second kappa shape index (κ2) is 6.81. The summed E-state index contributed by atoms with van der Waals surface area (Å²) in [6.45, 7) is 0. The number of carbonyl (C=O) groups excluding carboxylic acids is 1. The first-order valence-corrected chi connectivity index (χ1v) is 7.48. The van der Waals surface area contributed by atoms with Gasteiger partial charge in [0, 0.05) is 28.4 Å². The first-order chi connectivity index (χ1) is 12.1. The molecule has 0 unspecified atom stereocenters. The standard InChI is InChI=1S/C19H15N3O3/c1-25-16-6-7-18-17(9-16)13(11-21-18)8-12(10-20)19(24)22-14-2-4-15(23)5-3-14/h2-9,11,21,23H,1H3,(H,22,24)/b12-8+. The molecule has 3 N–H and O–H groups in total. The molecule has 1 heterocycles. The molecule has 2 aromatic carbocycles. The number of benzene rings is 2. The highest BCUT2D eigenvalue weighted by Crippen LogP contribution is 2.25. The monoisotopic (exact) mass is 333 g/mol. The van der Waals surface area contributed by atoms with Gasteiger partial charge in [0.25, 0.3) is 5.91 Å². The minimum atomic E-state index is -0.523. The molecule has 1 amide bonds. The Morgan fingerprint density at radius 2 is 2.04 bits per heavy atom. The summed E-state index contributed by atoms with van der Waals surface area (Å²) in [7, 11) is 1.58. The molecule has 3 rings (SSSR count). The minimum Gasteiger partial charge on any atom is -0.508 e. The van der Waals surface area contributed by atoms with E-state index in [1.165, 1.54) is 18.2 Å². The van der Waals surface area contributed by atoms with Gasteiger partial charge >= 0.3 is 0 Å². The largest absolute Gasteiger partial charge is 0.508 e. The summed E-state index contributed by atoms with van der Waals surface area (Å²) < 4.78 is 5.21. The van der Waals surface area contributed by atoms with Crippen LogP contribution in [-0.2, 0) is 4.79 Å².